The third kappa shape index (κ3) is 4.78. The molecule has 2 aromatic carbocycles. The summed E-state index contributed by atoms with van der Waals surface area (Å²) in [6, 6.07) is 16.6. The zero-order valence-corrected chi connectivity index (χ0v) is 20.1. The van der Waals surface area contributed by atoms with Crippen LogP contribution in [0.5, 0.6) is 5.75 Å². The second-order valence-electron chi connectivity index (χ2n) is 9.41. The summed E-state index contributed by atoms with van der Waals surface area (Å²) in [5.41, 5.74) is 8.33. The van der Waals surface area contributed by atoms with E-state index in [1.807, 2.05) is 44.2 Å². The molecule has 0 bridgehead atoms. The molecule has 180 valence electrons. The number of para-hydroxylation sites is 1. The lowest BCUT2D eigenvalue weighted by Crippen LogP contribution is -2.35. The average molecular weight is 473 g/mol. The second kappa shape index (κ2) is 9.67. The van der Waals surface area contributed by atoms with Crippen LogP contribution in [-0.2, 0) is 25.7 Å². The van der Waals surface area contributed by atoms with Crippen molar-refractivity contribution in [3.63, 3.8) is 0 Å². The Balaban J connectivity index is 1.81. The van der Waals surface area contributed by atoms with Gasteiger partial charge < -0.3 is 19.9 Å². The van der Waals surface area contributed by atoms with Crippen molar-refractivity contribution in [2.75, 3.05) is 6.61 Å². The lowest BCUT2D eigenvalue weighted by molar-refractivity contribution is -0.139. The molecule has 7 nitrogen and oxygen atoms in total. The highest BCUT2D eigenvalue weighted by Crippen LogP contribution is 2.49. The van der Waals surface area contributed by atoms with E-state index in [2.05, 4.69) is 6.07 Å². The van der Waals surface area contributed by atoms with Crippen molar-refractivity contribution in [2.45, 2.75) is 46.1 Å². The van der Waals surface area contributed by atoms with Crippen LogP contribution in [0.1, 0.15) is 56.2 Å². The van der Waals surface area contributed by atoms with Gasteiger partial charge in [-0.15, -0.1) is 0 Å². The molecule has 0 radical (unpaired) electrons. The molecule has 4 rings (SSSR count). The van der Waals surface area contributed by atoms with Crippen LogP contribution in [-0.4, -0.2) is 18.4 Å². The van der Waals surface area contributed by atoms with Crippen molar-refractivity contribution in [2.24, 2.45) is 11.1 Å². The number of allylic oxidation sites excluding steroid dienone is 2. The van der Waals surface area contributed by atoms with Gasteiger partial charge in [-0.05, 0) is 24.5 Å². The molecule has 1 heterocycles. The Kier molecular flexibility index (Phi) is 6.65. The standard InChI is InChI=1S/C28H28N2O5/c1-4-33-27(32)25-23(24-20(31)13-28(2,3)14-22(24)35-26(25)30)19-11-7-8-12-21(19)34-16-18-10-6-5-9-17(18)15-29/h5-12,23H,4,13-14,16,30H2,1-3H3. The largest absolute Gasteiger partial charge is 0.489 e. The molecule has 0 fully saturated rings. The Hall–Kier alpha value is -4.05. The molecule has 2 aromatic rings. The summed E-state index contributed by atoms with van der Waals surface area (Å²) in [5.74, 6) is -0.632. The number of Topliss-reactive ketones (excluding diaryl/α,β-unsaturated/α-hetero) is 1. The topological polar surface area (TPSA) is 112 Å². The molecular weight excluding hydrogens is 444 g/mol. The first kappa shape index (κ1) is 24.1. The fourth-order valence-electron chi connectivity index (χ4n) is 4.66. The predicted molar refractivity (Wildman–Crippen MR) is 129 cm³/mol. The number of nitrogens with two attached hydrogens (primary N) is 1. The lowest BCUT2D eigenvalue weighted by Gasteiger charge is -2.38. The number of esters is 1. The maximum atomic E-state index is 13.4. The van der Waals surface area contributed by atoms with E-state index >= 15 is 0 Å². The number of nitriles is 1. The molecular formula is C28H28N2O5. The number of hydrogen-bond donors (Lipinski definition) is 1. The van der Waals surface area contributed by atoms with Gasteiger partial charge in [0, 0.05) is 29.5 Å². The number of nitrogens with zero attached hydrogens (tertiary/aromatic N) is 1. The summed E-state index contributed by atoms with van der Waals surface area (Å²) >= 11 is 0. The minimum atomic E-state index is -0.788. The van der Waals surface area contributed by atoms with Gasteiger partial charge in [0.25, 0.3) is 0 Å². The number of rotatable bonds is 6. The van der Waals surface area contributed by atoms with Gasteiger partial charge in [0.1, 0.15) is 23.7 Å². The van der Waals surface area contributed by atoms with Crippen molar-refractivity contribution < 1.29 is 23.8 Å². The molecule has 0 aromatic heterocycles. The van der Waals surface area contributed by atoms with Crippen LogP contribution in [0.3, 0.4) is 0 Å². The summed E-state index contributed by atoms with van der Waals surface area (Å²) < 4.78 is 17.3. The third-order valence-electron chi connectivity index (χ3n) is 6.20. The molecule has 0 amide bonds. The van der Waals surface area contributed by atoms with Crippen LogP contribution < -0.4 is 10.5 Å². The molecule has 1 aliphatic carbocycles. The van der Waals surface area contributed by atoms with E-state index < -0.39 is 11.9 Å². The van der Waals surface area contributed by atoms with Crippen molar-refractivity contribution in [1.29, 1.82) is 5.26 Å². The van der Waals surface area contributed by atoms with Crippen molar-refractivity contribution in [3.05, 3.63) is 88.0 Å². The second-order valence-corrected chi connectivity index (χ2v) is 9.41. The summed E-state index contributed by atoms with van der Waals surface area (Å²) in [4.78, 5) is 26.4. The van der Waals surface area contributed by atoms with Crippen LogP contribution in [0.25, 0.3) is 0 Å². The highest BCUT2D eigenvalue weighted by Gasteiger charge is 2.45. The molecule has 35 heavy (non-hydrogen) atoms. The van der Waals surface area contributed by atoms with E-state index in [0.717, 1.165) is 5.56 Å². The molecule has 0 saturated heterocycles. The van der Waals surface area contributed by atoms with E-state index in [1.54, 1.807) is 25.1 Å². The molecule has 2 N–H and O–H groups in total. The van der Waals surface area contributed by atoms with Crippen molar-refractivity contribution >= 4 is 11.8 Å². The van der Waals surface area contributed by atoms with E-state index in [0.29, 0.717) is 41.1 Å². The van der Waals surface area contributed by atoms with Gasteiger partial charge in [-0.3, -0.25) is 4.79 Å². The molecule has 0 saturated carbocycles. The van der Waals surface area contributed by atoms with Gasteiger partial charge >= 0.3 is 5.97 Å². The van der Waals surface area contributed by atoms with Crippen LogP contribution in [0.15, 0.2) is 71.3 Å². The number of carbonyl (C=O) groups excluding carboxylic acids is 2. The van der Waals surface area contributed by atoms with E-state index in [1.165, 1.54) is 0 Å². The van der Waals surface area contributed by atoms with Gasteiger partial charge in [0.15, 0.2) is 5.78 Å². The monoisotopic (exact) mass is 472 g/mol. The smallest absolute Gasteiger partial charge is 0.340 e. The maximum Gasteiger partial charge on any atom is 0.340 e. The Morgan fingerprint density at radius 1 is 1.17 bits per heavy atom. The van der Waals surface area contributed by atoms with E-state index in [-0.39, 0.29) is 35.9 Å². The first-order valence-electron chi connectivity index (χ1n) is 11.6. The predicted octanol–water partition coefficient (Wildman–Crippen LogP) is 4.63. The van der Waals surface area contributed by atoms with Gasteiger partial charge in [-0.2, -0.15) is 5.26 Å². The quantitative estimate of drug-likeness (QED) is 0.610. The summed E-state index contributed by atoms with van der Waals surface area (Å²) in [6.07, 6.45) is 0.834. The van der Waals surface area contributed by atoms with Crippen LogP contribution in [0, 0.1) is 16.7 Å². The van der Waals surface area contributed by atoms with Crippen LogP contribution in [0.4, 0.5) is 0 Å². The van der Waals surface area contributed by atoms with Crippen molar-refractivity contribution in [1.82, 2.24) is 0 Å². The molecule has 1 aliphatic heterocycles. The van der Waals surface area contributed by atoms with Gasteiger partial charge in [0.2, 0.25) is 5.88 Å². The number of ketones is 1. The number of hydrogen-bond acceptors (Lipinski definition) is 7. The Morgan fingerprint density at radius 2 is 1.89 bits per heavy atom. The average Bonchev–Trinajstić information content (AvgIpc) is 2.81. The fourth-order valence-corrected chi connectivity index (χ4v) is 4.66. The minimum absolute atomic E-state index is 0.0673. The molecule has 1 atom stereocenters. The van der Waals surface area contributed by atoms with Gasteiger partial charge in [-0.25, -0.2) is 4.79 Å². The fraction of sp³-hybridized carbons (Fsp3) is 0.321. The van der Waals surface area contributed by atoms with Crippen LogP contribution in [0.2, 0.25) is 0 Å². The molecule has 1 unspecified atom stereocenters. The zero-order valence-electron chi connectivity index (χ0n) is 20.1. The van der Waals surface area contributed by atoms with E-state index in [9.17, 15) is 14.9 Å². The molecule has 7 heteroatoms. The number of carbonyl (C=O) groups is 2. The third-order valence-corrected chi connectivity index (χ3v) is 6.20. The molecule has 0 spiro atoms. The summed E-state index contributed by atoms with van der Waals surface area (Å²) in [6.45, 7) is 5.99. The Labute approximate surface area is 204 Å². The SMILES string of the molecule is CCOC(=O)C1=C(N)OC2=C(C(=O)CC(C)(C)C2)C1c1ccccc1OCc1ccccc1C#N. The maximum absolute atomic E-state index is 13.4. The van der Waals surface area contributed by atoms with Crippen LogP contribution >= 0.6 is 0 Å². The minimum Gasteiger partial charge on any atom is -0.489 e. The van der Waals surface area contributed by atoms with Crippen molar-refractivity contribution in [3.8, 4) is 11.8 Å². The normalized spacial score (nSPS) is 18.9. The highest BCUT2D eigenvalue weighted by atomic mass is 16.5. The van der Waals surface area contributed by atoms with Gasteiger partial charge in [0.05, 0.1) is 24.2 Å². The lowest BCUT2D eigenvalue weighted by atomic mass is 9.70. The first-order chi connectivity index (χ1) is 16.8. The first-order valence-corrected chi connectivity index (χ1v) is 11.6. The molecule has 2 aliphatic rings. The van der Waals surface area contributed by atoms with E-state index in [4.69, 9.17) is 19.9 Å². The number of benzene rings is 2. The number of ether oxygens (including phenoxy) is 3. The summed E-state index contributed by atoms with van der Waals surface area (Å²) in [7, 11) is 0. The van der Waals surface area contributed by atoms with Gasteiger partial charge in [-0.1, -0.05) is 50.2 Å². The summed E-state index contributed by atoms with van der Waals surface area (Å²) in [5, 5.41) is 9.42. The Morgan fingerprint density at radius 3 is 2.63 bits per heavy atom. The Bertz CT molecular complexity index is 1280. The highest BCUT2D eigenvalue weighted by molar-refractivity contribution is 6.03. The zero-order chi connectivity index (χ0) is 25.2.